The highest BCUT2D eigenvalue weighted by Gasteiger charge is 2.00. The zero-order valence-electron chi connectivity index (χ0n) is 9.53. The lowest BCUT2D eigenvalue weighted by Gasteiger charge is -2.16. The summed E-state index contributed by atoms with van der Waals surface area (Å²) in [5.74, 6) is 0.344. The van der Waals surface area contributed by atoms with Gasteiger partial charge in [-0.25, -0.2) is 0 Å². The van der Waals surface area contributed by atoms with Crippen molar-refractivity contribution < 1.29 is 5.11 Å². The molecule has 0 spiro atoms. The number of phenolic OH excluding ortho intramolecular Hbond substituents is 1. The van der Waals surface area contributed by atoms with E-state index in [1.54, 1.807) is 6.07 Å². The molecule has 2 N–H and O–H groups in total. The molecule has 0 aliphatic carbocycles. The van der Waals surface area contributed by atoms with Crippen LogP contribution in [-0.4, -0.2) is 37.2 Å². The minimum absolute atomic E-state index is 0.344. The van der Waals surface area contributed by atoms with Gasteiger partial charge >= 0.3 is 0 Å². The molecule has 0 fully saturated rings. The molecule has 0 aromatic heterocycles. The molecule has 0 atom stereocenters. The number of nitrogens with zero attached hydrogens (tertiary/aromatic N) is 1. The summed E-state index contributed by atoms with van der Waals surface area (Å²) in [5, 5.41) is 12.4. The number of aromatic hydroxyl groups is 1. The minimum atomic E-state index is 0.344. The Hall–Kier alpha value is -1.06. The maximum Gasteiger partial charge on any atom is 0.115 e. The van der Waals surface area contributed by atoms with Gasteiger partial charge in [0.15, 0.2) is 0 Å². The average molecular weight is 208 g/mol. The fourth-order valence-electron chi connectivity index (χ4n) is 1.57. The van der Waals surface area contributed by atoms with Crippen molar-refractivity contribution in [2.45, 2.75) is 13.0 Å². The van der Waals surface area contributed by atoms with Gasteiger partial charge in [-0.2, -0.15) is 0 Å². The molecular formula is C12H20N2O. The molecule has 0 radical (unpaired) electrons. The topological polar surface area (TPSA) is 35.5 Å². The van der Waals surface area contributed by atoms with Gasteiger partial charge in [0.1, 0.15) is 5.75 Å². The molecular weight excluding hydrogens is 188 g/mol. The van der Waals surface area contributed by atoms with Crippen LogP contribution in [0, 0.1) is 0 Å². The Kier molecular flexibility index (Phi) is 5.15. The van der Waals surface area contributed by atoms with E-state index in [-0.39, 0.29) is 0 Å². The molecule has 0 saturated carbocycles. The average Bonchev–Trinajstić information content (AvgIpc) is 2.18. The van der Waals surface area contributed by atoms with Crippen molar-refractivity contribution >= 4 is 0 Å². The number of phenols is 1. The number of hydrogen-bond acceptors (Lipinski definition) is 3. The van der Waals surface area contributed by atoms with E-state index >= 15 is 0 Å². The zero-order chi connectivity index (χ0) is 11.1. The van der Waals surface area contributed by atoms with Crippen molar-refractivity contribution in [3.8, 4) is 5.75 Å². The molecule has 0 saturated heterocycles. The Morgan fingerprint density at radius 2 is 2.20 bits per heavy atom. The summed E-state index contributed by atoms with van der Waals surface area (Å²) in [5.41, 5.74) is 1.15. The Morgan fingerprint density at radius 1 is 1.40 bits per heavy atom. The van der Waals surface area contributed by atoms with Crippen molar-refractivity contribution in [2.24, 2.45) is 0 Å². The van der Waals surface area contributed by atoms with E-state index in [1.807, 2.05) is 25.2 Å². The van der Waals surface area contributed by atoms with Crippen LogP contribution in [0.2, 0.25) is 0 Å². The van der Waals surface area contributed by atoms with Gasteiger partial charge in [0, 0.05) is 6.54 Å². The SMILES string of the molecule is CNCCCN(C)Cc1cccc(O)c1. The Labute approximate surface area is 91.7 Å². The highest BCUT2D eigenvalue weighted by Crippen LogP contribution is 2.12. The summed E-state index contributed by atoms with van der Waals surface area (Å²) >= 11 is 0. The van der Waals surface area contributed by atoms with Crippen molar-refractivity contribution in [3.05, 3.63) is 29.8 Å². The third kappa shape index (κ3) is 4.81. The molecule has 0 unspecified atom stereocenters. The van der Waals surface area contributed by atoms with E-state index in [2.05, 4.69) is 17.3 Å². The molecule has 0 heterocycles. The lowest BCUT2D eigenvalue weighted by Crippen LogP contribution is -2.22. The predicted octanol–water partition coefficient (Wildman–Crippen LogP) is 1.43. The summed E-state index contributed by atoms with van der Waals surface area (Å²) in [4.78, 5) is 2.26. The zero-order valence-corrected chi connectivity index (χ0v) is 9.53. The predicted molar refractivity (Wildman–Crippen MR) is 63.0 cm³/mol. The third-order valence-corrected chi connectivity index (χ3v) is 2.33. The number of hydrogen-bond donors (Lipinski definition) is 2. The molecule has 15 heavy (non-hydrogen) atoms. The number of benzene rings is 1. The Bertz CT molecular complexity index is 289. The maximum atomic E-state index is 9.31. The van der Waals surface area contributed by atoms with E-state index in [0.717, 1.165) is 31.6 Å². The molecule has 3 heteroatoms. The number of nitrogens with one attached hydrogen (secondary N) is 1. The van der Waals surface area contributed by atoms with Gasteiger partial charge in [0.25, 0.3) is 0 Å². The molecule has 0 bridgehead atoms. The lowest BCUT2D eigenvalue weighted by atomic mass is 10.2. The second-order valence-electron chi connectivity index (χ2n) is 3.86. The first-order valence-corrected chi connectivity index (χ1v) is 5.33. The van der Waals surface area contributed by atoms with Crippen LogP contribution in [0.1, 0.15) is 12.0 Å². The smallest absolute Gasteiger partial charge is 0.115 e. The van der Waals surface area contributed by atoms with Crippen LogP contribution in [0.25, 0.3) is 0 Å². The molecule has 3 nitrogen and oxygen atoms in total. The molecule has 0 aliphatic rings. The summed E-state index contributed by atoms with van der Waals surface area (Å²) in [6.07, 6.45) is 1.14. The molecule has 1 rings (SSSR count). The van der Waals surface area contributed by atoms with Crippen molar-refractivity contribution in [2.75, 3.05) is 27.2 Å². The van der Waals surface area contributed by atoms with Gasteiger partial charge in [0.2, 0.25) is 0 Å². The third-order valence-electron chi connectivity index (χ3n) is 2.33. The van der Waals surface area contributed by atoms with Crippen LogP contribution in [0.15, 0.2) is 24.3 Å². The lowest BCUT2D eigenvalue weighted by molar-refractivity contribution is 0.320. The first-order chi connectivity index (χ1) is 7.22. The second-order valence-corrected chi connectivity index (χ2v) is 3.86. The van der Waals surface area contributed by atoms with Crippen LogP contribution < -0.4 is 5.32 Å². The minimum Gasteiger partial charge on any atom is -0.508 e. The van der Waals surface area contributed by atoms with Crippen molar-refractivity contribution in [3.63, 3.8) is 0 Å². The summed E-state index contributed by atoms with van der Waals surface area (Å²) in [7, 11) is 4.06. The number of rotatable bonds is 6. The van der Waals surface area contributed by atoms with Crippen molar-refractivity contribution in [1.82, 2.24) is 10.2 Å². The van der Waals surface area contributed by atoms with Gasteiger partial charge in [-0.1, -0.05) is 12.1 Å². The fourth-order valence-corrected chi connectivity index (χ4v) is 1.57. The maximum absolute atomic E-state index is 9.31. The van der Waals surface area contributed by atoms with Gasteiger partial charge in [-0.3, -0.25) is 0 Å². The van der Waals surface area contributed by atoms with E-state index < -0.39 is 0 Å². The van der Waals surface area contributed by atoms with Crippen LogP contribution in [0.4, 0.5) is 0 Å². The largest absolute Gasteiger partial charge is 0.508 e. The van der Waals surface area contributed by atoms with E-state index in [1.165, 1.54) is 0 Å². The van der Waals surface area contributed by atoms with Crippen molar-refractivity contribution in [1.29, 1.82) is 0 Å². The van der Waals surface area contributed by atoms with Crippen LogP contribution in [0.3, 0.4) is 0 Å². The van der Waals surface area contributed by atoms with Crippen LogP contribution in [0.5, 0.6) is 5.75 Å². The molecule has 0 aliphatic heterocycles. The molecule has 84 valence electrons. The van der Waals surface area contributed by atoms with Gasteiger partial charge in [-0.15, -0.1) is 0 Å². The monoisotopic (exact) mass is 208 g/mol. The van der Waals surface area contributed by atoms with Gasteiger partial charge in [0.05, 0.1) is 0 Å². The van der Waals surface area contributed by atoms with E-state index in [0.29, 0.717) is 5.75 Å². The van der Waals surface area contributed by atoms with Gasteiger partial charge < -0.3 is 15.3 Å². The van der Waals surface area contributed by atoms with Crippen LogP contribution in [-0.2, 0) is 6.54 Å². The van der Waals surface area contributed by atoms with Gasteiger partial charge in [-0.05, 0) is 51.3 Å². The highest BCUT2D eigenvalue weighted by atomic mass is 16.3. The summed E-state index contributed by atoms with van der Waals surface area (Å²) in [6.45, 7) is 3.00. The second kappa shape index (κ2) is 6.43. The fraction of sp³-hybridized carbons (Fsp3) is 0.500. The normalized spacial score (nSPS) is 10.9. The van der Waals surface area contributed by atoms with E-state index in [9.17, 15) is 5.11 Å². The highest BCUT2D eigenvalue weighted by molar-refractivity contribution is 5.26. The van der Waals surface area contributed by atoms with E-state index in [4.69, 9.17) is 0 Å². The standard InChI is InChI=1S/C12H20N2O/c1-13-7-4-8-14(2)10-11-5-3-6-12(15)9-11/h3,5-6,9,13,15H,4,7-8,10H2,1-2H3. The molecule has 1 aromatic rings. The first-order valence-electron chi connectivity index (χ1n) is 5.33. The quantitative estimate of drug-likeness (QED) is 0.694. The molecule has 0 amide bonds. The summed E-state index contributed by atoms with van der Waals surface area (Å²) in [6, 6.07) is 7.43. The Morgan fingerprint density at radius 3 is 2.87 bits per heavy atom. The first kappa shape index (κ1) is 12.0. The Balaban J connectivity index is 2.34. The molecule has 1 aromatic carbocycles. The van der Waals surface area contributed by atoms with Crippen LogP contribution >= 0.6 is 0 Å². The summed E-state index contributed by atoms with van der Waals surface area (Å²) < 4.78 is 0.